The first-order valence-corrected chi connectivity index (χ1v) is 12.3. The second-order valence-corrected chi connectivity index (χ2v) is 10.5. The average Bonchev–Trinajstić information content (AvgIpc) is 2.74. The van der Waals surface area contributed by atoms with Gasteiger partial charge in [0.05, 0.1) is 4.90 Å². The van der Waals surface area contributed by atoms with Crippen LogP contribution < -0.4 is 15.4 Å². The van der Waals surface area contributed by atoms with E-state index in [1.807, 2.05) is 45.0 Å². The number of sulfonamides is 1. The SMILES string of the molecule is CCCCNc1cccc2c(S(=O)(=O)Nc3ccc(NC(=O)C(C)(C)C)cc3)cccc12. The fourth-order valence-corrected chi connectivity index (χ4v) is 4.50. The molecule has 0 fully saturated rings. The zero-order chi connectivity index (χ0) is 23.4. The second-order valence-electron chi connectivity index (χ2n) is 8.82. The predicted octanol–water partition coefficient (Wildman–Crippen LogP) is 5.84. The van der Waals surface area contributed by atoms with E-state index in [1.165, 1.54) is 0 Å². The summed E-state index contributed by atoms with van der Waals surface area (Å²) in [5.74, 6) is -0.107. The van der Waals surface area contributed by atoms with Crippen LogP contribution in [0.3, 0.4) is 0 Å². The Labute approximate surface area is 190 Å². The van der Waals surface area contributed by atoms with E-state index >= 15 is 0 Å². The number of carbonyl (C=O) groups excluding carboxylic acids is 1. The molecular formula is C25H31N3O3S. The highest BCUT2D eigenvalue weighted by Gasteiger charge is 2.21. The molecule has 32 heavy (non-hydrogen) atoms. The molecule has 3 aromatic carbocycles. The minimum atomic E-state index is -3.81. The van der Waals surface area contributed by atoms with Gasteiger partial charge in [0.25, 0.3) is 10.0 Å². The van der Waals surface area contributed by atoms with Gasteiger partial charge in [-0.05, 0) is 42.8 Å². The molecule has 3 N–H and O–H groups in total. The van der Waals surface area contributed by atoms with E-state index in [0.717, 1.165) is 30.5 Å². The first kappa shape index (κ1) is 23.6. The van der Waals surface area contributed by atoms with E-state index < -0.39 is 15.4 Å². The highest BCUT2D eigenvalue weighted by atomic mass is 32.2. The van der Waals surface area contributed by atoms with Gasteiger partial charge in [0.2, 0.25) is 5.91 Å². The van der Waals surface area contributed by atoms with Gasteiger partial charge in [-0.1, -0.05) is 58.4 Å². The summed E-state index contributed by atoms with van der Waals surface area (Å²) < 4.78 is 29.0. The van der Waals surface area contributed by atoms with Crippen molar-refractivity contribution in [1.29, 1.82) is 0 Å². The summed E-state index contributed by atoms with van der Waals surface area (Å²) in [7, 11) is -3.81. The van der Waals surface area contributed by atoms with Gasteiger partial charge < -0.3 is 10.6 Å². The summed E-state index contributed by atoms with van der Waals surface area (Å²) in [6.07, 6.45) is 2.13. The molecule has 1 amide bonds. The van der Waals surface area contributed by atoms with Crippen LogP contribution in [0.4, 0.5) is 17.1 Å². The molecule has 0 spiro atoms. The van der Waals surface area contributed by atoms with Crippen LogP contribution in [0.5, 0.6) is 0 Å². The molecule has 0 bridgehead atoms. The average molecular weight is 454 g/mol. The van der Waals surface area contributed by atoms with E-state index in [0.29, 0.717) is 16.8 Å². The summed E-state index contributed by atoms with van der Waals surface area (Å²) in [4.78, 5) is 12.4. The number of nitrogens with one attached hydrogen (secondary N) is 3. The quantitative estimate of drug-likeness (QED) is 0.374. The van der Waals surface area contributed by atoms with Crippen molar-refractivity contribution in [3.63, 3.8) is 0 Å². The maximum atomic E-state index is 13.2. The highest BCUT2D eigenvalue weighted by molar-refractivity contribution is 7.93. The zero-order valence-corrected chi connectivity index (χ0v) is 19.8. The van der Waals surface area contributed by atoms with Crippen LogP contribution in [0.15, 0.2) is 65.6 Å². The third-order valence-corrected chi connectivity index (χ3v) is 6.53. The minimum absolute atomic E-state index is 0.107. The Morgan fingerprint density at radius 1 is 0.875 bits per heavy atom. The van der Waals surface area contributed by atoms with Crippen LogP contribution >= 0.6 is 0 Å². The van der Waals surface area contributed by atoms with Crippen LogP contribution in [-0.2, 0) is 14.8 Å². The molecular weight excluding hydrogens is 422 g/mol. The maximum absolute atomic E-state index is 13.2. The largest absolute Gasteiger partial charge is 0.385 e. The molecule has 0 aliphatic rings. The van der Waals surface area contributed by atoms with Crippen molar-refractivity contribution in [2.75, 3.05) is 21.9 Å². The van der Waals surface area contributed by atoms with Gasteiger partial charge in [0.15, 0.2) is 0 Å². The second kappa shape index (κ2) is 9.61. The third kappa shape index (κ3) is 5.59. The Hall–Kier alpha value is -3.06. The zero-order valence-electron chi connectivity index (χ0n) is 19.0. The molecule has 0 saturated heterocycles. The van der Waals surface area contributed by atoms with Crippen LogP contribution in [0.1, 0.15) is 40.5 Å². The number of anilines is 3. The van der Waals surface area contributed by atoms with Crippen molar-refractivity contribution < 1.29 is 13.2 Å². The van der Waals surface area contributed by atoms with E-state index in [1.54, 1.807) is 36.4 Å². The Bertz CT molecular complexity index is 1200. The van der Waals surface area contributed by atoms with E-state index in [9.17, 15) is 13.2 Å². The lowest BCUT2D eigenvalue weighted by molar-refractivity contribution is -0.123. The molecule has 6 nitrogen and oxygen atoms in total. The Morgan fingerprint density at radius 3 is 2.16 bits per heavy atom. The molecule has 0 heterocycles. The van der Waals surface area contributed by atoms with Crippen molar-refractivity contribution in [2.45, 2.75) is 45.4 Å². The molecule has 0 aliphatic carbocycles. The Morgan fingerprint density at radius 2 is 1.50 bits per heavy atom. The number of hydrogen-bond donors (Lipinski definition) is 3. The van der Waals surface area contributed by atoms with Gasteiger partial charge in [0.1, 0.15) is 0 Å². The van der Waals surface area contributed by atoms with Crippen LogP contribution in [0.25, 0.3) is 10.8 Å². The van der Waals surface area contributed by atoms with Crippen LogP contribution in [-0.4, -0.2) is 20.9 Å². The first-order valence-electron chi connectivity index (χ1n) is 10.8. The molecule has 0 unspecified atom stereocenters. The third-order valence-electron chi connectivity index (χ3n) is 5.09. The smallest absolute Gasteiger partial charge is 0.262 e. The van der Waals surface area contributed by atoms with Crippen molar-refractivity contribution in [2.24, 2.45) is 5.41 Å². The Balaban J connectivity index is 1.84. The molecule has 0 saturated carbocycles. The number of amides is 1. The number of fused-ring (bicyclic) bond motifs is 1. The Kier molecular flexibility index (Phi) is 7.09. The summed E-state index contributed by atoms with van der Waals surface area (Å²) in [5.41, 5.74) is 1.44. The monoisotopic (exact) mass is 453 g/mol. The molecule has 7 heteroatoms. The fraction of sp³-hybridized carbons (Fsp3) is 0.320. The highest BCUT2D eigenvalue weighted by Crippen LogP contribution is 2.30. The van der Waals surface area contributed by atoms with Gasteiger partial charge in [-0.25, -0.2) is 8.42 Å². The normalized spacial score (nSPS) is 11.9. The molecule has 3 rings (SSSR count). The summed E-state index contributed by atoms with van der Waals surface area (Å²) in [6, 6.07) is 17.6. The molecule has 3 aromatic rings. The fourth-order valence-electron chi connectivity index (χ4n) is 3.22. The predicted molar refractivity (Wildman–Crippen MR) is 133 cm³/mol. The van der Waals surface area contributed by atoms with Crippen molar-refractivity contribution in [3.05, 3.63) is 60.7 Å². The molecule has 0 aromatic heterocycles. The van der Waals surface area contributed by atoms with Crippen molar-refractivity contribution >= 4 is 43.8 Å². The molecule has 0 radical (unpaired) electrons. The van der Waals surface area contributed by atoms with Gasteiger partial charge in [0, 0.05) is 39.8 Å². The summed E-state index contributed by atoms with van der Waals surface area (Å²) in [6.45, 7) is 8.47. The molecule has 0 aliphatic heterocycles. The molecule has 170 valence electrons. The van der Waals surface area contributed by atoms with Crippen molar-refractivity contribution in [1.82, 2.24) is 0 Å². The number of carbonyl (C=O) groups is 1. The lowest BCUT2D eigenvalue weighted by Crippen LogP contribution is -2.27. The molecule has 0 atom stereocenters. The number of benzene rings is 3. The van der Waals surface area contributed by atoms with Crippen molar-refractivity contribution in [3.8, 4) is 0 Å². The lowest BCUT2D eigenvalue weighted by atomic mass is 9.95. The summed E-state index contributed by atoms with van der Waals surface area (Å²) in [5, 5.41) is 7.76. The van der Waals surface area contributed by atoms with Crippen LogP contribution in [0.2, 0.25) is 0 Å². The van der Waals surface area contributed by atoms with E-state index in [2.05, 4.69) is 22.3 Å². The van der Waals surface area contributed by atoms with Gasteiger partial charge >= 0.3 is 0 Å². The van der Waals surface area contributed by atoms with Gasteiger partial charge in [-0.2, -0.15) is 0 Å². The topological polar surface area (TPSA) is 87.3 Å². The summed E-state index contributed by atoms with van der Waals surface area (Å²) >= 11 is 0. The number of hydrogen-bond acceptors (Lipinski definition) is 4. The van der Waals surface area contributed by atoms with Gasteiger partial charge in [-0.3, -0.25) is 9.52 Å². The van der Waals surface area contributed by atoms with Crippen LogP contribution in [0, 0.1) is 5.41 Å². The number of rotatable bonds is 8. The minimum Gasteiger partial charge on any atom is -0.385 e. The van der Waals surface area contributed by atoms with E-state index in [-0.39, 0.29) is 10.8 Å². The lowest BCUT2D eigenvalue weighted by Gasteiger charge is -2.18. The van der Waals surface area contributed by atoms with E-state index in [4.69, 9.17) is 0 Å². The van der Waals surface area contributed by atoms with Gasteiger partial charge in [-0.15, -0.1) is 0 Å². The maximum Gasteiger partial charge on any atom is 0.262 e. The first-order chi connectivity index (χ1) is 15.1. The standard InChI is InChI=1S/C25H31N3O3S/c1-5-6-17-26-22-11-7-10-21-20(22)9-8-12-23(21)32(30,31)28-19-15-13-18(14-16-19)27-24(29)25(2,3)4/h7-16,26,28H,5-6,17H2,1-4H3,(H,27,29). The number of unbranched alkanes of at least 4 members (excludes halogenated alkanes) is 1.